The Bertz CT molecular complexity index is 1240. The Morgan fingerprint density at radius 1 is 0.935 bits per heavy atom. The van der Waals surface area contributed by atoms with Gasteiger partial charge in [0.05, 0.1) is 16.7 Å². The van der Waals surface area contributed by atoms with Gasteiger partial charge in [-0.15, -0.1) is 0 Å². The number of carboxylic acids is 1. The summed E-state index contributed by atoms with van der Waals surface area (Å²) in [6.07, 6.45) is 0. The number of para-hydroxylation sites is 2. The first-order valence-electron chi connectivity index (χ1n) is 9.26. The smallest absolute Gasteiger partial charge is 0.339 e. The molecule has 154 valence electrons. The Morgan fingerprint density at radius 2 is 1.65 bits per heavy atom. The maximum absolute atomic E-state index is 12.6. The predicted octanol–water partition coefficient (Wildman–Crippen LogP) is 3.99. The number of carbonyl (C=O) groups excluding carboxylic acids is 2. The topological polar surface area (TPSA) is 119 Å². The van der Waals surface area contributed by atoms with E-state index in [-0.39, 0.29) is 17.0 Å². The molecular weight excluding hydrogens is 400 g/mol. The minimum Gasteiger partial charge on any atom is -0.478 e. The number of hydrogen-bond donors (Lipinski definition) is 2. The summed E-state index contributed by atoms with van der Waals surface area (Å²) in [5.41, 5.74) is 2.40. The molecule has 31 heavy (non-hydrogen) atoms. The highest BCUT2D eigenvalue weighted by atomic mass is 16.5. The molecule has 0 aliphatic rings. The van der Waals surface area contributed by atoms with Gasteiger partial charge in [-0.1, -0.05) is 24.3 Å². The normalized spacial score (nSPS) is 10.6. The molecule has 4 rings (SSSR count). The van der Waals surface area contributed by atoms with Gasteiger partial charge in [-0.25, -0.2) is 14.6 Å². The van der Waals surface area contributed by atoms with E-state index in [1.807, 2.05) is 12.1 Å². The number of amides is 1. The molecule has 0 spiro atoms. The highest BCUT2D eigenvalue weighted by Crippen LogP contribution is 2.27. The number of hydrogen-bond acceptors (Lipinski definition) is 6. The number of esters is 1. The highest BCUT2D eigenvalue weighted by molar-refractivity contribution is 5.99. The lowest BCUT2D eigenvalue weighted by Gasteiger charge is -2.08. The molecule has 2 N–H and O–H groups in total. The van der Waals surface area contributed by atoms with E-state index in [4.69, 9.17) is 14.3 Å². The number of oxazole rings is 1. The lowest BCUT2D eigenvalue weighted by molar-refractivity contribution is -0.119. The number of aromatic carboxylic acids is 1. The van der Waals surface area contributed by atoms with Crippen molar-refractivity contribution >= 4 is 34.6 Å². The summed E-state index contributed by atoms with van der Waals surface area (Å²) in [6, 6.07) is 19.5. The average Bonchev–Trinajstić information content (AvgIpc) is 3.22. The van der Waals surface area contributed by atoms with Crippen LogP contribution >= 0.6 is 0 Å². The van der Waals surface area contributed by atoms with Crippen molar-refractivity contribution in [1.29, 1.82) is 0 Å². The van der Waals surface area contributed by atoms with Gasteiger partial charge in [-0.2, -0.15) is 0 Å². The van der Waals surface area contributed by atoms with Crippen LogP contribution in [0.15, 0.2) is 77.2 Å². The van der Waals surface area contributed by atoms with Gasteiger partial charge in [0.2, 0.25) is 5.89 Å². The molecule has 4 aromatic rings. The monoisotopic (exact) mass is 416 g/mol. The Labute approximate surface area is 176 Å². The molecule has 0 aliphatic carbocycles. The number of ether oxygens (including phenoxy) is 1. The predicted molar refractivity (Wildman–Crippen MR) is 112 cm³/mol. The molecule has 0 bridgehead atoms. The Kier molecular flexibility index (Phi) is 5.44. The Hall–Kier alpha value is -4.46. The van der Waals surface area contributed by atoms with Crippen LogP contribution in [0.25, 0.3) is 22.6 Å². The number of nitrogens with one attached hydrogen (secondary N) is 1. The van der Waals surface area contributed by atoms with Gasteiger partial charge < -0.3 is 19.6 Å². The molecule has 8 nitrogen and oxygen atoms in total. The van der Waals surface area contributed by atoms with E-state index in [1.54, 1.807) is 36.4 Å². The van der Waals surface area contributed by atoms with Gasteiger partial charge >= 0.3 is 11.9 Å². The van der Waals surface area contributed by atoms with Gasteiger partial charge in [0, 0.05) is 5.69 Å². The van der Waals surface area contributed by atoms with E-state index in [2.05, 4.69) is 10.3 Å². The molecule has 3 aromatic carbocycles. The highest BCUT2D eigenvalue weighted by Gasteiger charge is 2.19. The van der Waals surface area contributed by atoms with Gasteiger partial charge in [-0.05, 0) is 48.5 Å². The van der Waals surface area contributed by atoms with Crippen LogP contribution < -0.4 is 5.32 Å². The van der Waals surface area contributed by atoms with Gasteiger partial charge in [0.25, 0.3) is 5.91 Å². The molecular formula is C23H16N2O6. The molecule has 1 aromatic heterocycles. The fourth-order valence-corrected chi connectivity index (χ4v) is 2.94. The zero-order valence-corrected chi connectivity index (χ0v) is 16.1. The Balaban J connectivity index is 1.44. The van der Waals surface area contributed by atoms with Crippen molar-refractivity contribution in [3.05, 3.63) is 83.9 Å². The first-order valence-corrected chi connectivity index (χ1v) is 9.26. The zero-order valence-electron chi connectivity index (χ0n) is 16.1. The molecule has 0 radical (unpaired) electrons. The first kappa shape index (κ1) is 19.8. The number of nitrogens with zero attached hydrogens (tertiary/aromatic N) is 1. The van der Waals surface area contributed by atoms with Crippen molar-refractivity contribution in [2.24, 2.45) is 0 Å². The fraction of sp³-hybridized carbons (Fsp3) is 0.0435. The van der Waals surface area contributed by atoms with E-state index in [9.17, 15) is 14.4 Å². The number of anilines is 1. The Morgan fingerprint density at radius 3 is 2.39 bits per heavy atom. The minimum absolute atomic E-state index is 0.0974. The lowest BCUT2D eigenvalue weighted by Crippen LogP contribution is -2.21. The molecule has 0 saturated carbocycles. The summed E-state index contributed by atoms with van der Waals surface area (Å²) >= 11 is 0. The van der Waals surface area contributed by atoms with Crippen molar-refractivity contribution in [2.45, 2.75) is 0 Å². The molecule has 0 saturated heterocycles. The van der Waals surface area contributed by atoms with Gasteiger partial charge in [0.15, 0.2) is 12.2 Å². The van der Waals surface area contributed by atoms with Crippen LogP contribution in [-0.2, 0) is 9.53 Å². The van der Waals surface area contributed by atoms with Crippen molar-refractivity contribution in [1.82, 2.24) is 4.98 Å². The molecule has 1 heterocycles. The van der Waals surface area contributed by atoms with Gasteiger partial charge in [-0.3, -0.25) is 4.79 Å². The van der Waals surface area contributed by atoms with E-state index in [0.717, 1.165) is 0 Å². The summed E-state index contributed by atoms with van der Waals surface area (Å²) in [6.45, 7) is -0.512. The maximum Gasteiger partial charge on any atom is 0.339 e. The molecule has 0 unspecified atom stereocenters. The summed E-state index contributed by atoms with van der Waals surface area (Å²) < 4.78 is 10.9. The summed E-state index contributed by atoms with van der Waals surface area (Å²) in [4.78, 5) is 40.0. The van der Waals surface area contributed by atoms with Crippen molar-refractivity contribution in [2.75, 3.05) is 11.9 Å². The summed E-state index contributed by atoms with van der Waals surface area (Å²) in [5.74, 6) is -2.05. The second kappa shape index (κ2) is 8.50. The van der Waals surface area contributed by atoms with Crippen molar-refractivity contribution in [3.63, 3.8) is 0 Å². The lowest BCUT2D eigenvalue weighted by atomic mass is 10.1. The van der Waals surface area contributed by atoms with Crippen molar-refractivity contribution < 1.29 is 28.6 Å². The van der Waals surface area contributed by atoms with Crippen LogP contribution in [0, 0.1) is 0 Å². The van der Waals surface area contributed by atoms with E-state index in [0.29, 0.717) is 22.4 Å². The van der Waals surface area contributed by atoms with E-state index in [1.165, 1.54) is 24.3 Å². The molecule has 0 atom stereocenters. The second-order valence-electron chi connectivity index (χ2n) is 6.54. The standard InChI is InChI=1S/C23H16N2O6/c26-20(24-15-11-9-14(10-12-15)22(27)28)13-30-23(29)17-6-2-1-5-16(17)21-25-18-7-3-4-8-19(18)31-21/h1-12H,13H2,(H,24,26)(H,27,28). The first-order chi connectivity index (χ1) is 15.0. The van der Waals surface area contributed by atoms with Crippen LogP contribution in [-0.4, -0.2) is 34.5 Å². The van der Waals surface area contributed by atoms with Crippen molar-refractivity contribution in [3.8, 4) is 11.5 Å². The third-order valence-electron chi connectivity index (χ3n) is 4.42. The quantitative estimate of drug-likeness (QED) is 0.456. The largest absolute Gasteiger partial charge is 0.478 e. The molecule has 8 heteroatoms. The molecule has 0 aliphatic heterocycles. The van der Waals surface area contributed by atoms with E-state index >= 15 is 0 Å². The van der Waals surface area contributed by atoms with Gasteiger partial charge in [0.1, 0.15) is 5.52 Å². The number of benzene rings is 3. The molecule has 1 amide bonds. The summed E-state index contributed by atoms with van der Waals surface area (Å²) in [7, 11) is 0. The van der Waals surface area contributed by atoms with Crippen LogP contribution in [0.5, 0.6) is 0 Å². The van der Waals surface area contributed by atoms with E-state index < -0.39 is 24.5 Å². The minimum atomic E-state index is -1.07. The average molecular weight is 416 g/mol. The van der Waals surface area contributed by atoms with Crippen LogP contribution in [0.2, 0.25) is 0 Å². The molecule has 0 fully saturated rings. The fourth-order valence-electron chi connectivity index (χ4n) is 2.94. The zero-order chi connectivity index (χ0) is 21.8. The number of carbonyl (C=O) groups is 3. The maximum atomic E-state index is 12.6. The third kappa shape index (κ3) is 4.43. The number of rotatable bonds is 6. The number of fused-ring (bicyclic) bond motifs is 1. The summed E-state index contributed by atoms with van der Waals surface area (Å²) in [5, 5.41) is 11.4. The second-order valence-corrected chi connectivity index (χ2v) is 6.54. The van der Waals surface area contributed by atoms with Crippen LogP contribution in [0.4, 0.5) is 5.69 Å². The number of carboxylic acid groups (broad SMARTS) is 1. The van der Waals surface area contributed by atoms with Crippen LogP contribution in [0.3, 0.4) is 0 Å². The third-order valence-corrected chi connectivity index (χ3v) is 4.42. The van der Waals surface area contributed by atoms with Crippen LogP contribution in [0.1, 0.15) is 20.7 Å². The number of aromatic nitrogens is 1. The SMILES string of the molecule is O=C(COC(=O)c1ccccc1-c1nc2ccccc2o1)Nc1ccc(C(=O)O)cc1.